The Kier molecular flexibility index (Phi) is 3.85. The summed E-state index contributed by atoms with van der Waals surface area (Å²) in [6, 6.07) is 11.4. The van der Waals surface area contributed by atoms with Crippen LogP contribution in [0.2, 0.25) is 0 Å². The van der Waals surface area contributed by atoms with Crippen molar-refractivity contribution in [1.82, 2.24) is 9.78 Å². The van der Waals surface area contributed by atoms with Crippen LogP contribution in [-0.2, 0) is 11.3 Å². The van der Waals surface area contributed by atoms with Crippen LogP contribution in [0.1, 0.15) is 21.1 Å². The van der Waals surface area contributed by atoms with E-state index in [1.165, 1.54) is 29.7 Å². The lowest BCUT2D eigenvalue weighted by molar-refractivity contribution is 0.0451. The molecule has 0 aliphatic carbocycles. The Morgan fingerprint density at radius 2 is 2.20 bits per heavy atom. The highest BCUT2D eigenvalue weighted by Gasteiger charge is 2.18. The number of nitrogens with zero attached hydrogens (tertiary/aromatic N) is 2. The van der Waals surface area contributed by atoms with Crippen molar-refractivity contribution < 1.29 is 18.3 Å². The first-order valence-corrected chi connectivity index (χ1v) is 8.38. The number of ether oxygens (including phenoxy) is 1. The largest absolute Gasteiger partial charge is 0.466 e. The smallest absolute Gasteiger partial charge is 0.348 e. The van der Waals surface area contributed by atoms with Gasteiger partial charge in [0.15, 0.2) is 0 Å². The summed E-state index contributed by atoms with van der Waals surface area (Å²) in [5, 5.41) is 5.29. The molecule has 0 spiro atoms. The molecule has 3 aromatic heterocycles. The molecule has 7 heteroatoms. The minimum atomic E-state index is -0.428. The second kappa shape index (κ2) is 6.18. The van der Waals surface area contributed by atoms with Crippen LogP contribution in [0.5, 0.6) is 0 Å². The summed E-state index contributed by atoms with van der Waals surface area (Å²) in [7, 11) is 0. The Bertz CT molecular complexity index is 1050. The first kappa shape index (κ1) is 15.6. The number of furan rings is 1. The molecule has 5 nitrogen and oxygen atoms in total. The SMILES string of the molecule is Cc1nn(-c2cccc(F)c2)c2sc(C(=O)OCc3ccco3)cc12. The van der Waals surface area contributed by atoms with Gasteiger partial charge in [-0.2, -0.15) is 5.10 Å². The third-order valence-electron chi connectivity index (χ3n) is 3.72. The van der Waals surface area contributed by atoms with Gasteiger partial charge in [0, 0.05) is 5.39 Å². The van der Waals surface area contributed by atoms with E-state index < -0.39 is 5.97 Å². The Morgan fingerprint density at radius 3 is 2.96 bits per heavy atom. The van der Waals surface area contributed by atoms with Gasteiger partial charge < -0.3 is 9.15 Å². The van der Waals surface area contributed by atoms with E-state index in [9.17, 15) is 9.18 Å². The third kappa shape index (κ3) is 2.94. The molecule has 0 unspecified atom stereocenters. The molecule has 1 aromatic carbocycles. The van der Waals surface area contributed by atoms with Crippen LogP contribution in [0, 0.1) is 12.7 Å². The fourth-order valence-corrected chi connectivity index (χ4v) is 3.61. The van der Waals surface area contributed by atoms with Crippen molar-refractivity contribution in [1.29, 1.82) is 0 Å². The molecule has 0 fully saturated rings. The monoisotopic (exact) mass is 356 g/mol. The van der Waals surface area contributed by atoms with E-state index in [2.05, 4.69) is 5.10 Å². The van der Waals surface area contributed by atoms with E-state index >= 15 is 0 Å². The van der Waals surface area contributed by atoms with E-state index in [0.717, 1.165) is 15.9 Å². The first-order valence-electron chi connectivity index (χ1n) is 7.56. The van der Waals surface area contributed by atoms with Crippen molar-refractivity contribution >= 4 is 27.5 Å². The van der Waals surface area contributed by atoms with Gasteiger partial charge in [-0.05, 0) is 43.3 Å². The highest BCUT2D eigenvalue weighted by atomic mass is 32.1. The number of thiophene rings is 1. The number of hydrogen-bond acceptors (Lipinski definition) is 5. The van der Waals surface area contributed by atoms with Gasteiger partial charge in [0.05, 0.1) is 17.6 Å². The number of carbonyl (C=O) groups is 1. The lowest BCUT2D eigenvalue weighted by Crippen LogP contribution is -2.02. The molecule has 0 aliphatic rings. The molecule has 0 atom stereocenters. The molecule has 0 N–H and O–H groups in total. The molecule has 0 saturated carbocycles. The zero-order chi connectivity index (χ0) is 17.4. The van der Waals surface area contributed by atoms with E-state index in [-0.39, 0.29) is 12.4 Å². The minimum Gasteiger partial charge on any atom is -0.466 e. The Morgan fingerprint density at radius 1 is 1.32 bits per heavy atom. The Hall–Kier alpha value is -2.93. The van der Waals surface area contributed by atoms with Crippen molar-refractivity contribution in [3.05, 3.63) is 70.9 Å². The van der Waals surface area contributed by atoms with Crippen LogP contribution in [0.15, 0.2) is 53.1 Å². The maximum absolute atomic E-state index is 13.5. The number of fused-ring (bicyclic) bond motifs is 1. The second-order valence-electron chi connectivity index (χ2n) is 5.46. The summed E-state index contributed by atoms with van der Waals surface area (Å²) >= 11 is 1.26. The average Bonchev–Trinajstić information content (AvgIpc) is 3.31. The van der Waals surface area contributed by atoms with Gasteiger partial charge in [-0.3, -0.25) is 0 Å². The normalized spacial score (nSPS) is 11.1. The first-order chi connectivity index (χ1) is 12.1. The van der Waals surface area contributed by atoms with E-state index in [0.29, 0.717) is 16.3 Å². The molecule has 0 aliphatic heterocycles. The zero-order valence-corrected chi connectivity index (χ0v) is 14.0. The Labute approximate surface area is 146 Å². The highest BCUT2D eigenvalue weighted by molar-refractivity contribution is 7.20. The van der Waals surface area contributed by atoms with E-state index in [4.69, 9.17) is 9.15 Å². The summed E-state index contributed by atoms with van der Waals surface area (Å²) in [5.41, 5.74) is 1.37. The van der Waals surface area contributed by atoms with Crippen LogP contribution in [0.25, 0.3) is 15.9 Å². The topological polar surface area (TPSA) is 57.3 Å². The van der Waals surface area contributed by atoms with E-state index in [1.807, 2.05) is 6.92 Å². The number of aryl methyl sites for hydroxylation is 1. The predicted molar refractivity (Wildman–Crippen MR) is 91.5 cm³/mol. The minimum absolute atomic E-state index is 0.0785. The number of rotatable bonds is 4. The average molecular weight is 356 g/mol. The molecule has 0 bridgehead atoms. The number of esters is 1. The molecule has 0 amide bonds. The van der Waals surface area contributed by atoms with E-state index in [1.54, 1.807) is 35.0 Å². The molecular weight excluding hydrogens is 343 g/mol. The lowest BCUT2D eigenvalue weighted by Gasteiger charge is -2.02. The fraction of sp³-hybridized carbons (Fsp3) is 0.111. The maximum atomic E-state index is 13.5. The van der Waals surface area contributed by atoms with Crippen LogP contribution in [-0.4, -0.2) is 15.7 Å². The molecule has 4 aromatic rings. The van der Waals surface area contributed by atoms with Crippen molar-refractivity contribution in [2.75, 3.05) is 0 Å². The molecule has 0 radical (unpaired) electrons. The van der Waals surface area contributed by atoms with Gasteiger partial charge in [-0.25, -0.2) is 13.9 Å². The quantitative estimate of drug-likeness (QED) is 0.506. The van der Waals surface area contributed by atoms with Crippen molar-refractivity contribution in [2.24, 2.45) is 0 Å². The molecule has 0 saturated heterocycles. The summed E-state index contributed by atoms with van der Waals surface area (Å²) in [6.07, 6.45) is 1.53. The summed E-state index contributed by atoms with van der Waals surface area (Å²) < 4.78 is 25.6. The molecular formula is C18H13FN2O3S. The second-order valence-corrected chi connectivity index (χ2v) is 6.49. The molecule has 4 rings (SSSR count). The molecule has 3 heterocycles. The summed E-state index contributed by atoms with van der Waals surface area (Å²) in [4.78, 5) is 13.5. The third-order valence-corrected chi connectivity index (χ3v) is 4.81. The number of halogens is 1. The maximum Gasteiger partial charge on any atom is 0.348 e. The van der Waals surface area contributed by atoms with Gasteiger partial charge in [-0.15, -0.1) is 11.3 Å². The zero-order valence-electron chi connectivity index (χ0n) is 13.2. The molecule has 126 valence electrons. The van der Waals surface area contributed by atoms with Gasteiger partial charge in [-0.1, -0.05) is 6.07 Å². The van der Waals surface area contributed by atoms with Gasteiger partial charge in [0.1, 0.15) is 27.9 Å². The standard InChI is InChI=1S/C18H13FN2O3S/c1-11-15-9-16(18(22)24-10-14-6-3-7-23-14)25-17(15)21(20-11)13-5-2-4-12(19)8-13/h2-9H,10H2,1H3. The fourth-order valence-electron chi connectivity index (χ4n) is 2.53. The highest BCUT2D eigenvalue weighted by Crippen LogP contribution is 2.31. The number of benzene rings is 1. The van der Waals surface area contributed by atoms with Crippen LogP contribution < -0.4 is 0 Å². The molecule has 25 heavy (non-hydrogen) atoms. The van der Waals surface area contributed by atoms with Gasteiger partial charge in [0.25, 0.3) is 0 Å². The van der Waals surface area contributed by atoms with Crippen LogP contribution in [0.3, 0.4) is 0 Å². The van der Waals surface area contributed by atoms with Crippen molar-refractivity contribution in [2.45, 2.75) is 13.5 Å². The summed E-state index contributed by atoms with van der Waals surface area (Å²) in [5.74, 6) is -0.187. The van der Waals surface area contributed by atoms with Crippen LogP contribution >= 0.6 is 11.3 Å². The van der Waals surface area contributed by atoms with Gasteiger partial charge in [0.2, 0.25) is 0 Å². The number of aromatic nitrogens is 2. The van der Waals surface area contributed by atoms with Gasteiger partial charge >= 0.3 is 5.97 Å². The van der Waals surface area contributed by atoms with Crippen molar-refractivity contribution in [3.63, 3.8) is 0 Å². The Balaban J connectivity index is 1.66. The number of carbonyl (C=O) groups excluding carboxylic acids is 1. The summed E-state index contributed by atoms with van der Waals surface area (Å²) in [6.45, 7) is 1.93. The predicted octanol–water partition coefficient (Wildman–Crippen LogP) is 4.48. The number of hydrogen-bond donors (Lipinski definition) is 0. The lowest BCUT2D eigenvalue weighted by atomic mass is 10.3. The van der Waals surface area contributed by atoms with Crippen molar-refractivity contribution in [3.8, 4) is 5.69 Å². The van der Waals surface area contributed by atoms with Crippen LogP contribution in [0.4, 0.5) is 4.39 Å².